The van der Waals surface area contributed by atoms with Crippen LogP contribution in [0.15, 0.2) is 63.8 Å². The molecule has 0 aliphatic carbocycles. The van der Waals surface area contributed by atoms with Crippen molar-refractivity contribution in [3.8, 4) is 0 Å². The summed E-state index contributed by atoms with van der Waals surface area (Å²) < 4.78 is 5.73. The number of fused-ring (bicyclic) bond motifs is 1. The molecule has 0 spiro atoms. The normalized spacial score (nSPS) is 17.7. The minimum absolute atomic E-state index is 0.123. The van der Waals surface area contributed by atoms with Crippen LogP contribution in [-0.4, -0.2) is 29.6 Å². The number of thioether (sulfide) groups is 1. The van der Waals surface area contributed by atoms with Gasteiger partial charge in [0, 0.05) is 30.2 Å². The predicted octanol–water partition coefficient (Wildman–Crippen LogP) is 4.42. The molecular weight excluding hydrogens is 358 g/mol. The summed E-state index contributed by atoms with van der Waals surface area (Å²) in [6, 6.07) is 16.8. The van der Waals surface area contributed by atoms with Crippen molar-refractivity contribution in [3.05, 3.63) is 81.7 Å². The second-order valence-electron chi connectivity index (χ2n) is 6.77. The van der Waals surface area contributed by atoms with Crippen LogP contribution in [0.2, 0.25) is 0 Å². The third-order valence-corrected chi connectivity index (χ3v) is 6.32. The number of benzene rings is 2. The second kappa shape index (κ2) is 7.61. The topological polar surface area (TPSA) is 50.5 Å². The average Bonchev–Trinajstić information content (AvgIpc) is 2.94. The number of carbonyl (C=O) groups excluding carboxylic acids is 1. The van der Waals surface area contributed by atoms with Gasteiger partial charge in [-0.05, 0) is 36.6 Å². The molecule has 5 heteroatoms. The van der Waals surface area contributed by atoms with Gasteiger partial charge < -0.3 is 9.32 Å². The van der Waals surface area contributed by atoms with Crippen molar-refractivity contribution in [2.45, 2.75) is 18.6 Å². The number of aryl methyl sites for hydroxylation is 1. The third kappa shape index (κ3) is 3.65. The van der Waals surface area contributed by atoms with Crippen LogP contribution in [0.4, 0.5) is 0 Å². The smallest absolute Gasteiger partial charge is 0.289 e. The highest BCUT2D eigenvalue weighted by molar-refractivity contribution is 7.99. The Labute approximate surface area is 162 Å². The Bertz CT molecular complexity index is 1040. The fraction of sp³-hybridized carbons (Fsp3) is 0.273. The van der Waals surface area contributed by atoms with Gasteiger partial charge in [0.05, 0.1) is 5.39 Å². The van der Waals surface area contributed by atoms with Crippen LogP contribution in [-0.2, 0) is 0 Å². The maximum Gasteiger partial charge on any atom is 0.289 e. The number of rotatable bonds is 2. The minimum atomic E-state index is -0.205. The quantitative estimate of drug-likeness (QED) is 0.661. The summed E-state index contributed by atoms with van der Waals surface area (Å²) in [6.45, 7) is 3.44. The number of nitrogens with zero attached hydrogens (tertiary/aromatic N) is 1. The van der Waals surface area contributed by atoms with Gasteiger partial charge in [0.25, 0.3) is 5.91 Å². The fourth-order valence-corrected chi connectivity index (χ4v) is 4.86. The van der Waals surface area contributed by atoms with Gasteiger partial charge in [-0.25, -0.2) is 0 Å². The molecule has 27 heavy (non-hydrogen) atoms. The lowest BCUT2D eigenvalue weighted by Gasteiger charge is -2.20. The molecule has 4 nitrogen and oxygen atoms in total. The first-order valence-corrected chi connectivity index (χ1v) is 10.2. The molecule has 3 aromatic rings. The van der Waals surface area contributed by atoms with E-state index >= 15 is 0 Å². The number of hydrogen-bond donors (Lipinski definition) is 0. The van der Waals surface area contributed by atoms with Gasteiger partial charge >= 0.3 is 0 Å². The number of carbonyl (C=O) groups is 1. The molecule has 0 N–H and O–H groups in total. The number of amides is 1. The van der Waals surface area contributed by atoms with Gasteiger partial charge in [-0.15, -0.1) is 0 Å². The Morgan fingerprint density at radius 1 is 1.11 bits per heavy atom. The molecule has 4 rings (SSSR count). The van der Waals surface area contributed by atoms with Crippen LogP contribution in [0, 0.1) is 6.92 Å². The summed E-state index contributed by atoms with van der Waals surface area (Å²) in [5.74, 6) is 0.782. The van der Waals surface area contributed by atoms with E-state index in [9.17, 15) is 9.59 Å². The Balaban J connectivity index is 1.55. The zero-order chi connectivity index (χ0) is 18.8. The largest absolute Gasteiger partial charge is 0.451 e. The Kier molecular flexibility index (Phi) is 5.03. The van der Waals surface area contributed by atoms with Crippen molar-refractivity contribution in [1.82, 2.24) is 4.90 Å². The van der Waals surface area contributed by atoms with E-state index in [0.29, 0.717) is 29.3 Å². The van der Waals surface area contributed by atoms with E-state index in [1.54, 1.807) is 29.2 Å². The molecule has 138 valence electrons. The second-order valence-corrected chi connectivity index (χ2v) is 8.08. The lowest BCUT2D eigenvalue weighted by atomic mass is 10.0. The molecule has 0 unspecified atom stereocenters. The van der Waals surface area contributed by atoms with Crippen LogP contribution in [0.25, 0.3) is 11.0 Å². The maximum atomic E-state index is 12.9. The van der Waals surface area contributed by atoms with Crippen molar-refractivity contribution in [3.63, 3.8) is 0 Å². The van der Waals surface area contributed by atoms with Crippen molar-refractivity contribution in [2.75, 3.05) is 18.8 Å². The van der Waals surface area contributed by atoms with Crippen molar-refractivity contribution < 1.29 is 9.21 Å². The summed E-state index contributed by atoms with van der Waals surface area (Å²) in [7, 11) is 0. The van der Waals surface area contributed by atoms with Crippen LogP contribution >= 0.6 is 11.8 Å². The van der Waals surface area contributed by atoms with E-state index < -0.39 is 0 Å². The molecule has 0 radical (unpaired) electrons. The zero-order valence-corrected chi connectivity index (χ0v) is 16.0. The monoisotopic (exact) mass is 379 g/mol. The zero-order valence-electron chi connectivity index (χ0n) is 15.2. The maximum absolute atomic E-state index is 12.9. The van der Waals surface area contributed by atoms with E-state index in [-0.39, 0.29) is 17.1 Å². The standard InChI is InChI=1S/C22H21NO3S/c1-15-6-2-3-7-16(15)21-10-11-23(12-13-27-21)22(25)20-14-18(24)17-8-4-5-9-19(17)26-20/h2-9,14,21H,10-13H2,1H3/t21-/m0/s1. The third-order valence-electron chi connectivity index (χ3n) is 5.01. The molecule has 1 aromatic heterocycles. The summed E-state index contributed by atoms with van der Waals surface area (Å²) in [4.78, 5) is 27.0. The lowest BCUT2D eigenvalue weighted by Crippen LogP contribution is -2.33. The summed E-state index contributed by atoms with van der Waals surface area (Å²) >= 11 is 1.89. The highest BCUT2D eigenvalue weighted by Crippen LogP contribution is 2.36. The minimum Gasteiger partial charge on any atom is -0.451 e. The molecule has 1 atom stereocenters. The molecule has 2 heterocycles. The Hall–Kier alpha value is -2.53. The first-order valence-electron chi connectivity index (χ1n) is 9.13. The highest BCUT2D eigenvalue weighted by atomic mass is 32.2. The highest BCUT2D eigenvalue weighted by Gasteiger charge is 2.25. The molecule has 1 amide bonds. The Morgan fingerprint density at radius 3 is 2.74 bits per heavy atom. The van der Waals surface area contributed by atoms with Crippen molar-refractivity contribution in [1.29, 1.82) is 0 Å². The van der Waals surface area contributed by atoms with E-state index in [1.165, 1.54) is 17.2 Å². The average molecular weight is 379 g/mol. The first kappa shape index (κ1) is 17.9. The summed E-state index contributed by atoms with van der Waals surface area (Å²) in [5.41, 5.74) is 2.90. The van der Waals surface area contributed by atoms with Crippen molar-refractivity contribution >= 4 is 28.6 Å². The lowest BCUT2D eigenvalue weighted by molar-refractivity contribution is 0.0735. The predicted molar refractivity (Wildman–Crippen MR) is 109 cm³/mol. The molecule has 0 saturated carbocycles. The SMILES string of the molecule is Cc1ccccc1[C@@H]1CCN(C(=O)c2cc(=O)c3ccccc3o2)CCS1. The van der Waals surface area contributed by atoms with Crippen LogP contribution in [0.1, 0.15) is 33.4 Å². The van der Waals surface area contributed by atoms with Gasteiger partial charge in [-0.3, -0.25) is 9.59 Å². The van der Waals surface area contributed by atoms with Gasteiger partial charge in [-0.2, -0.15) is 11.8 Å². The van der Waals surface area contributed by atoms with Gasteiger partial charge in [0.15, 0.2) is 11.2 Å². The molecule has 0 bridgehead atoms. The van der Waals surface area contributed by atoms with E-state index in [0.717, 1.165) is 12.2 Å². The van der Waals surface area contributed by atoms with Gasteiger partial charge in [0.1, 0.15) is 5.58 Å². The Morgan fingerprint density at radius 2 is 1.89 bits per heavy atom. The summed E-state index contributed by atoms with van der Waals surface area (Å²) in [6.07, 6.45) is 0.888. The van der Waals surface area contributed by atoms with Crippen LogP contribution in [0.3, 0.4) is 0 Å². The van der Waals surface area contributed by atoms with Gasteiger partial charge in [0.2, 0.25) is 0 Å². The van der Waals surface area contributed by atoms with E-state index in [2.05, 4.69) is 31.2 Å². The number of para-hydroxylation sites is 1. The summed E-state index contributed by atoms with van der Waals surface area (Å²) in [5, 5.41) is 0.882. The molecule has 1 aliphatic rings. The molecule has 2 aromatic carbocycles. The number of hydrogen-bond acceptors (Lipinski definition) is 4. The molecule has 1 aliphatic heterocycles. The fourth-order valence-electron chi connectivity index (χ4n) is 3.53. The first-order chi connectivity index (χ1) is 13.1. The van der Waals surface area contributed by atoms with Crippen molar-refractivity contribution in [2.24, 2.45) is 0 Å². The molecule has 1 saturated heterocycles. The van der Waals surface area contributed by atoms with Crippen LogP contribution in [0.5, 0.6) is 0 Å². The molecular formula is C22H21NO3S. The van der Waals surface area contributed by atoms with E-state index in [1.807, 2.05) is 11.8 Å². The molecule has 1 fully saturated rings. The van der Waals surface area contributed by atoms with Crippen LogP contribution < -0.4 is 5.43 Å². The van der Waals surface area contributed by atoms with E-state index in [4.69, 9.17) is 4.42 Å². The van der Waals surface area contributed by atoms with Gasteiger partial charge in [-0.1, -0.05) is 36.4 Å².